The first-order chi connectivity index (χ1) is 17.9. The third kappa shape index (κ3) is 5.69. The highest BCUT2D eigenvalue weighted by Crippen LogP contribution is 2.45. The molecule has 1 aromatic heterocycles. The second kappa shape index (κ2) is 11.3. The van der Waals surface area contributed by atoms with Crippen molar-refractivity contribution < 1.29 is 29.0 Å². The van der Waals surface area contributed by atoms with E-state index in [1.54, 1.807) is 10.3 Å². The number of aliphatic carboxylic acids is 1. The second-order valence-electron chi connectivity index (χ2n) is 8.57. The lowest BCUT2D eigenvalue weighted by Gasteiger charge is -2.49. The standard InChI is InChI=1S/C24H24N4O6S3/c29-17(10-14-4-2-1-3-5-14)26-19-21(31)28-20(23(32)33)16(13-35-22(19)28)37-24-25-15(12-36-24)11-18(30)27-6-8-34-9-7-27/h1-5,12,19,22H,6-11,13H2,(H,26,29)(H,32,33)/t19-,22+/m1/s1. The van der Waals surface area contributed by atoms with Crippen molar-refractivity contribution in [2.75, 3.05) is 32.1 Å². The van der Waals surface area contributed by atoms with Gasteiger partial charge < -0.3 is 20.1 Å². The van der Waals surface area contributed by atoms with Crippen LogP contribution in [0.4, 0.5) is 0 Å². The van der Waals surface area contributed by atoms with Gasteiger partial charge in [-0.25, -0.2) is 9.78 Å². The molecule has 13 heteroatoms. The van der Waals surface area contributed by atoms with Crippen LogP contribution in [0.5, 0.6) is 0 Å². The second-order valence-corrected chi connectivity index (χ2v) is 11.9. The van der Waals surface area contributed by atoms with E-state index < -0.39 is 23.3 Å². The van der Waals surface area contributed by atoms with Gasteiger partial charge in [0.15, 0.2) is 4.34 Å². The van der Waals surface area contributed by atoms with E-state index in [0.29, 0.717) is 47.0 Å². The molecule has 4 heterocycles. The van der Waals surface area contributed by atoms with Crippen LogP contribution < -0.4 is 5.32 Å². The molecule has 194 valence electrons. The third-order valence-corrected chi connectivity index (χ3v) is 9.63. The Morgan fingerprint density at radius 2 is 1.92 bits per heavy atom. The Balaban J connectivity index is 1.23. The number of carboxylic acids is 1. The molecule has 0 unspecified atom stereocenters. The van der Waals surface area contributed by atoms with Crippen LogP contribution >= 0.6 is 34.9 Å². The zero-order valence-corrected chi connectivity index (χ0v) is 22.1. The number of ether oxygens (including phenoxy) is 1. The summed E-state index contributed by atoms with van der Waals surface area (Å²) in [5.41, 5.74) is 1.39. The van der Waals surface area contributed by atoms with Crippen LogP contribution in [0.25, 0.3) is 0 Å². The smallest absolute Gasteiger partial charge is 0.353 e. The Morgan fingerprint density at radius 3 is 2.65 bits per heavy atom. The fourth-order valence-electron chi connectivity index (χ4n) is 4.28. The molecule has 10 nitrogen and oxygen atoms in total. The summed E-state index contributed by atoms with van der Waals surface area (Å²) in [6.45, 7) is 2.19. The number of β-lactam (4-membered cyclic amide) rings is 1. The van der Waals surface area contributed by atoms with E-state index in [1.165, 1.54) is 39.8 Å². The summed E-state index contributed by atoms with van der Waals surface area (Å²) in [6, 6.07) is 8.45. The van der Waals surface area contributed by atoms with Gasteiger partial charge in [0.1, 0.15) is 17.1 Å². The van der Waals surface area contributed by atoms with Crippen molar-refractivity contribution in [2.45, 2.75) is 28.6 Å². The molecule has 0 saturated carbocycles. The van der Waals surface area contributed by atoms with Gasteiger partial charge in [0.2, 0.25) is 11.8 Å². The zero-order valence-electron chi connectivity index (χ0n) is 19.6. The molecule has 2 saturated heterocycles. The van der Waals surface area contributed by atoms with Crippen LogP contribution in [-0.2, 0) is 36.8 Å². The highest BCUT2D eigenvalue weighted by molar-refractivity contribution is 8.07. The maximum atomic E-state index is 12.9. The van der Waals surface area contributed by atoms with Crippen molar-refractivity contribution in [3.8, 4) is 0 Å². The van der Waals surface area contributed by atoms with Crippen molar-refractivity contribution in [3.63, 3.8) is 0 Å². The van der Waals surface area contributed by atoms with Crippen LogP contribution in [0.3, 0.4) is 0 Å². The van der Waals surface area contributed by atoms with E-state index in [2.05, 4.69) is 10.3 Å². The quantitative estimate of drug-likeness (QED) is 0.462. The minimum atomic E-state index is -1.20. The molecule has 2 N–H and O–H groups in total. The van der Waals surface area contributed by atoms with Crippen LogP contribution in [0.1, 0.15) is 11.3 Å². The van der Waals surface area contributed by atoms with E-state index in [1.807, 2.05) is 30.3 Å². The first-order valence-corrected chi connectivity index (χ1v) is 14.4. The number of nitrogens with zero attached hydrogens (tertiary/aromatic N) is 3. The number of carboxylic acid groups (broad SMARTS) is 1. The summed E-state index contributed by atoms with van der Waals surface area (Å²) in [5, 5.41) is 14.0. The van der Waals surface area contributed by atoms with Crippen LogP contribution in [0.2, 0.25) is 0 Å². The molecule has 2 atom stereocenters. The van der Waals surface area contributed by atoms with Gasteiger partial charge in [0, 0.05) is 29.1 Å². The van der Waals surface area contributed by atoms with Gasteiger partial charge in [-0.1, -0.05) is 42.1 Å². The molecule has 0 radical (unpaired) electrons. The van der Waals surface area contributed by atoms with Gasteiger partial charge in [-0.15, -0.1) is 23.1 Å². The molecule has 3 aliphatic rings. The normalized spacial score (nSPS) is 21.4. The Hall–Kier alpha value is -2.87. The lowest BCUT2D eigenvalue weighted by Crippen LogP contribution is -2.70. The van der Waals surface area contributed by atoms with Crippen LogP contribution in [0.15, 0.2) is 50.7 Å². The topological polar surface area (TPSA) is 129 Å². The van der Waals surface area contributed by atoms with Crippen molar-refractivity contribution in [1.82, 2.24) is 20.1 Å². The summed E-state index contributed by atoms with van der Waals surface area (Å²) in [6.07, 6.45) is 0.318. The van der Waals surface area contributed by atoms with Gasteiger partial charge >= 0.3 is 5.97 Å². The fraction of sp³-hybridized carbons (Fsp3) is 0.375. The summed E-state index contributed by atoms with van der Waals surface area (Å²) < 4.78 is 5.89. The van der Waals surface area contributed by atoms with E-state index in [0.717, 1.165) is 5.56 Å². The van der Waals surface area contributed by atoms with Crippen molar-refractivity contribution in [3.05, 3.63) is 57.6 Å². The monoisotopic (exact) mass is 560 g/mol. The molecule has 3 aliphatic heterocycles. The SMILES string of the molecule is O=C(Cc1ccccc1)N[C@@H]1C(=O)N2C(C(=O)O)=C(Sc3nc(CC(=O)N4CCOCC4)cs3)CS[C@@H]12. The number of thioether (sulfide) groups is 2. The lowest BCUT2D eigenvalue weighted by atomic mass is 10.0. The number of carbonyl (C=O) groups excluding carboxylic acids is 3. The van der Waals surface area contributed by atoms with Crippen molar-refractivity contribution in [2.24, 2.45) is 0 Å². The Morgan fingerprint density at radius 1 is 1.16 bits per heavy atom. The maximum Gasteiger partial charge on any atom is 0.353 e. The van der Waals surface area contributed by atoms with Crippen LogP contribution in [-0.4, -0.2) is 87.1 Å². The number of hydrogen-bond acceptors (Lipinski definition) is 9. The van der Waals surface area contributed by atoms with Gasteiger partial charge in [-0.2, -0.15) is 0 Å². The number of carbonyl (C=O) groups is 4. The van der Waals surface area contributed by atoms with Crippen molar-refractivity contribution in [1.29, 1.82) is 0 Å². The van der Waals surface area contributed by atoms with Gasteiger partial charge in [-0.05, 0) is 5.56 Å². The highest BCUT2D eigenvalue weighted by atomic mass is 32.2. The minimum absolute atomic E-state index is 0.0156. The van der Waals surface area contributed by atoms with E-state index >= 15 is 0 Å². The number of thiazole rings is 1. The van der Waals surface area contributed by atoms with Gasteiger partial charge in [-0.3, -0.25) is 19.3 Å². The molecular weight excluding hydrogens is 536 g/mol. The van der Waals surface area contributed by atoms with Crippen LogP contribution in [0, 0.1) is 0 Å². The van der Waals surface area contributed by atoms with Gasteiger partial charge in [0.25, 0.3) is 5.91 Å². The minimum Gasteiger partial charge on any atom is -0.477 e. The zero-order chi connectivity index (χ0) is 25.9. The Labute approximate surface area is 225 Å². The molecule has 3 amide bonds. The molecule has 0 aliphatic carbocycles. The summed E-state index contributed by atoms with van der Waals surface area (Å²) >= 11 is 3.95. The predicted octanol–water partition coefficient (Wildman–Crippen LogP) is 1.58. The number of aromatic nitrogens is 1. The number of nitrogens with one attached hydrogen (secondary N) is 1. The van der Waals surface area contributed by atoms with E-state index in [4.69, 9.17) is 4.74 Å². The van der Waals surface area contributed by atoms with Gasteiger partial charge in [0.05, 0.1) is 31.7 Å². The number of rotatable bonds is 8. The molecule has 2 fully saturated rings. The Bertz CT molecular complexity index is 1240. The molecule has 0 spiro atoms. The number of amides is 3. The maximum absolute atomic E-state index is 12.9. The number of morpholine rings is 1. The van der Waals surface area contributed by atoms with Crippen molar-refractivity contribution >= 4 is 58.6 Å². The first kappa shape index (κ1) is 25.8. The third-order valence-electron chi connectivity index (χ3n) is 6.10. The predicted molar refractivity (Wildman–Crippen MR) is 139 cm³/mol. The number of benzene rings is 1. The molecular formula is C24H24N4O6S3. The highest BCUT2D eigenvalue weighted by Gasteiger charge is 2.54. The summed E-state index contributed by atoms with van der Waals surface area (Å²) in [5.74, 6) is -1.57. The summed E-state index contributed by atoms with van der Waals surface area (Å²) in [7, 11) is 0. The number of fused-ring (bicyclic) bond motifs is 1. The average molecular weight is 561 g/mol. The van der Waals surface area contributed by atoms with E-state index in [-0.39, 0.29) is 30.4 Å². The summed E-state index contributed by atoms with van der Waals surface area (Å²) in [4.78, 5) is 58.1. The molecule has 5 rings (SSSR count). The molecule has 37 heavy (non-hydrogen) atoms. The average Bonchev–Trinajstić information content (AvgIpc) is 3.34. The molecule has 1 aromatic carbocycles. The lowest BCUT2D eigenvalue weighted by molar-refractivity contribution is -0.150. The fourth-order valence-corrected chi connectivity index (χ4v) is 7.75. The van der Waals surface area contributed by atoms with E-state index in [9.17, 15) is 24.3 Å². The molecule has 0 bridgehead atoms. The number of hydrogen-bond donors (Lipinski definition) is 2. The largest absolute Gasteiger partial charge is 0.477 e. The molecule has 2 aromatic rings. The Kier molecular flexibility index (Phi) is 7.84. The first-order valence-electron chi connectivity index (χ1n) is 11.6.